The van der Waals surface area contributed by atoms with E-state index in [4.69, 9.17) is 4.42 Å². The third kappa shape index (κ3) is 3.03. The molecule has 3 aromatic rings. The van der Waals surface area contributed by atoms with Crippen molar-refractivity contribution in [1.82, 2.24) is 5.32 Å². The molecule has 8 heteroatoms. The van der Waals surface area contributed by atoms with E-state index in [0.29, 0.717) is 11.0 Å². The topological polar surface area (TPSA) is 96.7 Å². The number of halogens is 1. The lowest BCUT2D eigenvalue weighted by atomic mass is 10.1. The molecular weight excluding hydrogens is 428 g/mol. The van der Waals surface area contributed by atoms with Crippen LogP contribution >= 0.6 is 15.9 Å². The Morgan fingerprint density at radius 1 is 0.964 bits per heavy atom. The molecule has 2 heterocycles. The fourth-order valence-electron chi connectivity index (χ4n) is 2.83. The number of amides is 4. The van der Waals surface area contributed by atoms with Crippen molar-refractivity contribution < 1.29 is 18.8 Å². The highest BCUT2D eigenvalue weighted by Crippen LogP contribution is 2.23. The number of hydrogen-bond acceptors (Lipinski definition) is 5. The van der Waals surface area contributed by atoms with Gasteiger partial charge in [0.05, 0.1) is 16.6 Å². The van der Waals surface area contributed by atoms with E-state index in [0.717, 1.165) is 15.4 Å². The van der Waals surface area contributed by atoms with E-state index in [-0.39, 0.29) is 22.3 Å². The molecule has 0 atom stereocenters. The lowest BCUT2D eigenvalue weighted by Gasteiger charge is -2.26. The van der Waals surface area contributed by atoms with E-state index in [1.54, 1.807) is 48.5 Å². The normalized spacial score (nSPS) is 16.0. The van der Waals surface area contributed by atoms with Crippen LogP contribution < -0.4 is 15.6 Å². The van der Waals surface area contributed by atoms with Gasteiger partial charge in [0.25, 0.3) is 11.8 Å². The van der Waals surface area contributed by atoms with Crippen molar-refractivity contribution in [2.45, 2.75) is 0 Å². The number of benzene rings is 2. The molecule has 1 saturated heterocycles. The first-order valence-corrected chi connectivity index (χ1v) is 8.92. The molecule has 7 nitrogen and oxygen atoms in total. The monoisotopic (exact) mass is 438 g/mol. The molecule has 0 spiro atoms. The Morgan fingerprint density at radius 3 is 2.43 bits per heavy atom. The van der Waals surface area contributed by atoms with E-state index in [2.05, 4.69) is 21.2 Å². The van der Waals surface area contributed by atoms with Gasteiger partial charge in [0, 0.05) is 4.47 Å². The summed E-state index contributed by atoms with van der Waals surface area (Å²) in [6.07, 6.45) is 2.31. The van der Waals surface area contributed by atoms with Crippen LogP contribution in [-0.2, 0) is 9.59 Å². The quantitative estimate of drug-likeness (QED) is 0.489. The van der Waals surface area contributed by atoms with E-state index in [9.17, 15) is 19.2 Å². The van der Waals surface area contributed by atoms with Gasteiger partial charge in [0.15, 0.2) is 5.43 Å². The fourth-order valence-corrected chi connectivity index (χ4v) is 3.09. The average Bonchev–Trinajstić information content (AvgIpc) is 2.68. The number of carbonyl (C=O) groups is 3. The highest BCUT2D eigenvalue weighted by Gasteiger charge is 2.37. The number of nitrogens with zero attached hydrogens (tertiary/aromatic N) is 1. The third-order valence-electron chi connectivity index (χ3n) is 4.19. The van der Waals surface area contributed by atoms with Crippen LogP contribution in [0.15, 0.2) is 74.1 Å². The minimum atomic E-state index is -0.879. The van der Waals surface area contributed by atoms with Crippen molar-refractivity contribution in [3.8, 4) is 0 Å². The van der Waals surface area contributed by atoms with Crippen LogP contribution in [0.3, 0.4) is 0 Å². The van der Waals surface area contributed by atoms with Crippen molar-refractivity contribution in [2.24, 2.45) is 0 Å². The Kier molecular flexibility index (Phi) is 4.40. The maximum absolute atomic E-state index is 12.8. The van der Waals surface area contributed by atoms with Gasteiger partial charge in [-0.1, -0.05) is 28.1 Å². The number of urea groups is 1. The number of anilines is 1. The lowest BCUT2D eigenvalue weighted by molar-refractivity contribution is -0.122. The van der Waals surface area contributed by atoms with Gasteiger partial charge >= 0.3 is 6.03 Å². The molecule has 28 heavy (non-hydrogen) atoms. The van der Waals surface area contributed by atoms with Gasteiger partial charge in [-0.15, -0.1) is 0 Å². The molecule has 4 amide bonds. The first kappa shape index (κ1) is 17.9. The van der Waals surface area contributed by atoms with E-state index in [1.807, 2.05) is 0 Å². The van der Waals surface area contributed by atoms with Gasteiger partial charge in [0.1, 0.15) is 17.4 Å². The van der Waals surface area contributed by atoms with Crippen LogP contribution in [0, 0.1) is 0 Å². The van der Waals surface area contributed by atoms with E-state index in [1.165, 1.54) is 6.26 Å². The molecule has 1 aromatic heterocycles. The second-order valence-corrected chi connectivity index (χ2v) is 6.87. The summed E-state index contributed by atoms with van der Waals surface area (Å²) in [5.41, 5.74) is -0.0233. The molecule has 4 rings (SSSR count). The standard InChI is InChI=1S/C20H11BrN2O5/c21-12-5-7-13(8-6-12)23-19(26)15(18(25)22-20(23)27)9-11-10-28-16-4-2-1-3-14(16)17(11)24/h1-10H,(H,22,25,27)/b15-9-. The van der Waals surface area contributed by atoms with Crippen molar-refractivity contribution in [1.29, 1.82) is 0 Å². The average molecular weight is 439 g/mol. The summed E-state index contributed by atoms with van der Waals surface area (Å²) in [5, 5.41) is 2.44. The number of nitrogens with one attached hydrogen (secondary N) is 1. The Hall–Kier alpha value is -3.52. The highest BCUT2D eigenvalue weighted by molar-refractivity contribution is 9.10. The van der Waals surface area contributed by atoms with Crippen LogP contribution in [-0.4, -0.2) is 17.8 Å². The molecule has 138 valence electrons. The molecule has 0 unspecified atom stereocenters. The molecule has 0 bridgehead atoms. The minimum absolute atomic E-state index is 0.0299. The largest absolute Gasteiger partial charge is 0.463 e. The molecule has 0 aliphatic carbocycles. The molecule has 1 aliphatic rings. The van der Waals surface area contributed by atoms with Crippen LogP contribution in [0.2, 0.25) is 0 Å². The van der Waals surface area contributed by atoms with Gasteiger partial charge in [-0.3, -0.25) is 19.7 Å². The van der Waals surface area contributed by atoms with Crippen molar-refractivity contribution in [3.05, 3.63) is 80.6 Å². The number of barbiturate groups is 1. The zero-order valence-electron chi connectivity index (χ0n) is 14.1. The summed E-state index contributed by atoms with van der Waals surface area (Å²) in [5.74, 6) is -1.71. The van der Waals surface area contributed by atoms with E-state index >= 15 is 0 Å². The Labute approximate surface area is 166 Å². The second kappa shape index (κ2) is 6.90. The first-order valence-electron chi connectivity index (χ1n) is 8.13. The fraction of sp³-hybridized carbons (Fsp3) is 0. The maximum atomic E-state index is 12.8. The van der Waals surface area contributed by atoms with Crippen LogP contribution in [0.4, 0.5) is 10.5 Å². The molecule has 0 radical (unpaired) electrons. The zero-order chi connectivity index (χ0) is 19.8. The van der Waals surface area contributed by atoms with Gasteiger partial charge < -0.3 is 4.42 Å². The predicted octanol–water partition coefficient (Wildman–Crippen LogP) is 3.22. The lowest BCUT2D eigenvalue weighted by Crippen LogP contribution is -2.54. The number of fused-ring (bicyclic) bond motifs is 1. The van der Waals surface area contributed by atoms with Crippen LogP contribution in [0.25, 0.3) is 17.0 Å². The molecule has 0 saturated carbocycles. The zero-order valence-corrected chi connectivity index (χ0v) is 15.7. The Balaban J connectivity index is 1.80. The van der Waals surface area contributed by atoms with Crippen molar-refractivity contribution in [3.63, 3.8) is 0 Å². The SMILES string of the molecule is O=C1NC(=O)N(c2ccc(Br)cc2)C(=O)/C1=C\c1coc2ccccc2c1=O. The number of hydrogen-bond donors (Lipinski definition) is 1. The number of carbonyl (C=O) groups excluding carboxylic acids is 3. The number of rotatable bonds is 2. The Bertz CT molecular complexity index is 1230. The third-order valence-corrected chi connectivity index (χ3v) is 4.72. The van der Waals surface area contributed by atoms with Crippen molar-refractivity contribution in [2.75, 3.05) is 4.90 Å². The van der Waals surface area contributed by atoms with Crippen molar-refractivity contribution >= 4 is 56.5 Å². The highest BCUT2D eigenvalue weighted by atomic mass is 79.9. The summed E-state index contributed by atoms with van der Waals surface area (Å²) in [7, 11) is 0. The summed E-state index contributed by atoms with van der Waals surface area (Å²) >= 11 is 3.28. The summed E-state index contributed by atoms with van der Waals surface area (Å²) < 4.78 is 6.17. The van der Waals surface area contributed by atoms with Crippen LogP contribution in [0.1, 0.15) is 5.56 Å². The molecule has 1 aliphatic heterocycles. The summed E-state index contributed by atoms with van der Waals surface area (Å²) in [6, 6.07) is 12.2. The van der Waals surface area contributed by atoms with Gasteiger partial charge in [0.2, 0.25) is 0 Å². The summed E-state index contributed by atoms with van der Waals surface area (Å²) in [4.78, 5) is 50.7. The van der Waals surface area contributed by atoms with Gasteiger partial charge in [-0.05, 0) is 42.5 Å². The summed E-state index contributed by atoms with van der Waals surface area (Å²) in [6.45, 7) is 0. The maximum Gasteiger partial charge on any atom is 0.335 e. The van der Waals surface area contributed by atoms with Crippen LogP contribution in [0.5, 0.6) is 0 Å². The Morgan fingerprint density at radius 2 is 1.68 bits per heavy atom. The number of para-hydroxylation sites is 1. The first-order chi connectivity index (χ1) is 13.5. The smallest absolute Gasteiger partial charge is 0.335 e. The van der Waals surface area contributed by atoms with Gasteiger partial charge in [-0.25, -0.2) is 9.69 Å². The molecule has 2 aromatic carbocycles. The number of imide groups is 2. The minimum Gasteiger partial charge on any atom is -0.463 e. The predicted molar refractivity (Wildman–Crippen MR) is 106 cm³/mol. The molecular formula is C20H11BrN2O5. The second-order valence-electron chi connectivity index (χ2n) is 5.95. The molecule has 1 fully saturated rings. The molecule has 1 N–H and O–H groups in total. The van der Waals surface area contributed by atoms with E-state index < -0.39 is 17.8 Å². The van der Waals surface area contributed by atoms with Gasteiger partial charge in [-0.2, -0.15) is 0 Å².